The van der Waals surface area contributed by atoms with Gasteiger partial charge in [0.05, 0.1) is 19.3 Å². The standard InChI is InChI=1S/C26H36N4O2S/c1-19(2)16-22-23(17-27)26(33-15-10-20-6-8-21(32-4)9-7-20)28-25(24(22)18-31)30-12-5-11-29(3)13-14-30/h6-9,19,31H,5,10-16,18H2,1-4H3. The van der Waals surface area contributed by atoms with Crippen LogP contribution in [0.5, 0.6) is 5.75 Å². The van der Waals surface area contributed by atoms with Crippen molar-refractivity contribution in [1.82, 2.24) is 9.88 Å². The number of benzene rings is 1. The number of aromatic nitrogens is 1. The van der Waals surface area contributed by atoms with Crippen LogP contribution in [0.25, 0.3) is 0 Å². The molecule has 0 unspecified atom stereocenters. The minimum absolute atomic E-state index is 0.0950. The van der Waals surface area contributed by atoms with Gasteiger partial charge in [0, 0.05) is 31.0 Å². The van der Waals surface area contributed by atoms with Crippen molar-refractivity contribution in [3.8, 4) is 11.8 Å². The summed E-state index contributed by atoms with van der Waals surface area (Å²) in [5.74, 6) is 2.92. The van der Waals surface area contributed by atoms with Crippen molar-refractivity contribution in [2.45, 2.75) is 44.7 Å². The van der Waals surface area contributed by atoms with Crippen LogP contribution in [-0.4, -0.2) is 61.1 Å². The summed E-state index contributed by atoms with van der Waals surface area (Å²) in [6, 6.07) is 10.5. The number of thioether (sulfide) groups is 1. The molecule has 1 aliphatic heterocycles. The zero-order valence-electron chi connectivity index (χ0n) is 20.3. The number of aliphatic hydroxyl groups excluding tert-OH is 1. The first-order chi connectivity index (χ1) is 16.0. The van der Waals surface area contributed by atoms with Crippen LogP contribution in [0.2, 0.25) is 0 Å². The Bertz CT molecular complexity index is 956. The summed E-state index contributed by atoms with van der Waals surface area (Å²) in [7, 11) is 3.82. The van der Waals surface area contributed by atoms with E-state index in [9.17, 15) is 10.4 Å². The lowest BCUT2D eigenvalue weighted by Crippen LogP contribution is -2.31. The van der Waals surface area contributed by atoms with E-state index in [1.54, 1.807) is 18.9 Å². The molecule has 0 bridgehead atoms. The number of anilines is 1. The van der Waals surface area contributed by atoms with Crippen molar-refractivity contribution in [3.05, 3.63) is 46.5 Å². The highest BCUT2D eigenvalue weighted by atomic mass is 32.2. The van der Waals surface area contributed by atoms with Gasteiger partial charge in [-0.15, -0.1) is 11.8 Å². The normalized spacial score (nSPS) is 14.9. The van der Waals surface area contributed by atoms with E-state index < -0.39 is 0 Å². The van der Waals surface area contributed by atoms with Gasteiger partial charge < -0.3 is 19.6 Å². The van der Waals surface area contributed by atoms with E-state index in [4.69, 9.17) is 9.72 Å². The molecule has 0 atom stereocenters. The molecule has 1 N–H and O–H groups in total. The van der Waals surface area contributed by atoms with Crippen molar-refractivity contribution < 1.29 is 9.84 Å². The number of methoxy groups -OCH3 is 1. The predicted octanol–water partition coefficient (Wildman–Crippen LogP) is 4.13. The van der Waals surface area contributed by atoms with Gasteiger partial charge >= 0.3 is 0 Å². The van der Waals surface area contributed by atoms with Crippen LogP contribution in [0, 0.1) is 17.2 Å². The molecular weight excluding hydrogens is 432 g/mol. The van der Waals surface area contributed by atoms with Gasteiger partial charge in [-0.05, 0) is 62.0 Å². The van der Waals surface area contributed by atoms with Crippen LogP contribution in [0.3, 0.4) is 0 Å². The average molecular weight is 469 g/mol. The van der Waals surface area contributed by atoms with E-state index in [2.05, 4.69) is 48.9 Å². The first-order valence-electron chi connectivity index (χ1n) is 11.7. The summed E-state index contributed by atoms with van der Waals surface area (Å²) in [6.45, 7) is 8.02. The number of likely N-dealkylation sites (N-methyl/N-ethyl adjacent to an activating group) is 1. The van der Waals surface area contributed by atoms with Gasteiger partial charge in [-0.2, -0.15) is 5.26 Å². The summed E-state index contributed by atoms with van der Waals surface area (Å²) in [4.78, 5) is 9.63. The molecule has 0 spiro atoms. The first-order valence-corrected chi connectivity index (χ1v) is 12.7. The molecule has 7 heteroatoms. The number of aliphatic hydroxyl groups is 1. The number of hydrogen-bond acceptors (Lipinski definition) is 7. The number of pyridine rings is 1. The molecule has 6 nitrogen and oxygen atoms in total. The van der Waals surface area contributed by atoms with Gasteiger partial charge in [0.25, 0.3) is 0 Å². The van der Waals surface area contributed by atoms with Crippen molar-refractivity contribution >= 4 is 17.6 Å². The first kappa shape index (κ1) is 25.4. The molecule has 3 rings (SSSR count). The second-order valence-corrected chi connectivity index (χ2v) is 10.1. The third kappa shape index (κ3) is 6.63. The Labute approximate surface area is 202 Å². The Morgan fingerprint density at radius 2 is 1.91 bits per heavy atom. The highest BCUT2D eigenvalue weighted by Crippen LogP contribution is 2.34. The van der Waals surface area contributed by atoms with Gasteiger partial charge in [0.2, 0.25) is 0 Å². The van der Waals surface area contributed by atoms with E-state index in [0.717, 1.165) is 78.9 Å². The monoisotopic (exact) mass is 468 g/mol. The van der Waals surface area contributed by atoms with Crippen LogP contribution < -0.4 is 9.64 Å². The third-order valence-corrected chi connectivity index (χ3v) is 7.02. The van der Waals surface area contributed by atoms with Gasteiger partial charge in [-0.3, -0.25) is 0 Å². The maximum absolute atomic E-state index is 10.3. The number of nitriles is 1. The van der Waals surface area contributed by atoms with Crippen LogP contribution in [0.4, 0.5) is 5.82 Å². The van der Waals surface area contributed by atoms with Crippen LogP contribution in [0.1, 0.15) is 42.5 Å². The average Bonchev–Trinajstić information content (AvgIpc) is 3.03. The maximum Gasteiger partial charge on any atom is 0.135 e. The minimum atomic E-state index is -0.0950. The fourth-order valence-corrected chi connectivity index (χ4v) is 5.23. The Kier molecular flexibility index (Phi) is 9.42. The van der Waals surface area contributed by atoms with Crippen LogP contribution in [-0.2, 0) is 19.4 Å². The van der Waals surface area contributed by atoms with E-state index in [0.29, 0.717) is 11.5 Å². The lowest BCUT2D eigenvalue weighted by Gasteiger charge is -2.27. The van der Waals surface area contributed by atoms with E-state index >= 15 is 0 Å². The number of aryl methyl sites for hydroxylation is 1. The van der Waals surface area contributed by atoms with Crippen LogP contribution >= 0.6 is 11.8 Å². The number of hydrogen-bond donors (Lipinski definition) is 1. The SMILES string of the molecule is COc1ccc(CCSc2nc(N3CCCN(C)CC3)c(CO)c(CC(C)C)c2C#N)cc1. The Morgan fingerprint density at radius 3 is 2.55 bits per heavy atom. The quantitative estimate of drug-likeness (QED) is 0.555. The summed E-state index contributed by atoms with van der Waals surface area (Å²) < 4.78 is 5.25. The Balaban J connectivity index is 1.92. The molecule has 33 heavy (non-hydrogen) atoms. The van der Waals surface area contributed by atoms with E-state index in [-0.39, 0.29) is 6.61 Å². The summed E-state index contributed by atoms with van der Waals surface area (Å²) in [6.07, 6.45) is 2.70. The fraction of sp³-hybridized carbons (Fsp3) is 0.538. The van der Waals surface area contributed by atoms with Crippen molar-refractivity contribution in [2.75, 3.05) is 51.0 Å². The minimum Gasteiger partial charge on any atom is -0.497 e. The van der Waals surface area contributed by atoms with E-state index in [1.165, 1.54) is 5.56 Å². The molecule has 0 saturated carbocycles. The van der Waals surface area contributed by atoms with Gasteiger partial charge in [0.1, 0.15) is 22.7 Å². The molecule has 2 aromatic rings. The highest BCUT2D eigenvalue weighted by molar-refractivity contribution is 7.99. The topological polar surface area (TPSA) is 72.6 Å². The Morgan fingerprint density at radius 1 is 1.15 bits per heavy atom. The molecule has 0 aliphatic carbocycles. The molecule has 178 valence electrons. The predicted molar refractivity (Wildman–Crippen MR) is 135 cm³/mol. The maximum atomic E-state index is 10.3. The van der Waals surface area contributed by atoms with Crippen molar-refractivity contribution in [1.29, 1.82) is 5.26 Å². The summed E-state index contributed by atoms with van der Waals surface area (Å²) >= 11 is 1.64. The lowest BCUT2D eigenvalue weighted by atomic mass is 9.95. The highest BCUT2D eigenvalue weighted by Gasteiger charge is 2.24. The zero-order valence-corrected chi connectivity index (χ0v) is 21.1. The molecule has 2 heterocycles. The summed E-state index contributed by atoms with van der Waals surface area (Å²) in [5, 5.41) is 21.2. The second-order valence-electron chi connectivity index (χ2n) is 9.03. The number of ether oxygens (including phenoxy) is 1. The van der Waals surface area contributed by atoms with E-state index in [1.807, 2.05) is 12.1 Å². The zero-order chi connectivity index (χ0) is 23.8. The molecule has 1 aromatic carbocycles. The van der Waals surface area contributed by atoms with Crippen LogP contribution in [0.15, 0.2) is 29.3 Å². The Hall–Kier alpha value is -2.27. The lowest BCUT2D eigenvalue weighted by molar-refractivity contribution is 0.279. The van der Waals surface area contributed by atoms with Gasteiger partial charge in [-0.1, -0.05) is 26.0 Å². The smallest absolute Gasteiger partial charge is 0.135 e. The summed E-state index contributed by atoms with van der Waals surface area (Å²) in [5.41, 5.74) is 3.64. The molecule has 0 amide bonds. The van der Waals surface area contributed by atoms with Crippen molar-refractivity contribution in [2.24, 2.45) is 5.92 Å². The van der Waals surface area contributed by atoms with Crippen molar-refractivity contribution in [3.63, 3.8) is 0 Å². The third-order valence-electron chi connectivity index (χ3n) is 6.05. The molecular formula is C26H36N4O2S. The fourth-order valence-electron chi connectivity index (χ4n) is 4.23. The molecule has 1 saturated heterocycles. The number of nitrogens with zero attached hydrogens (tertiary/aromatic N) is 4. The van der Waals surface area contributed by atoms with Gasteiger partial charge in [-0.25, -0.2) is 4.98 Å². The molecule has 1 fully saturated rings. The molecule has 1 aliphatic rings. The molecule has 0 radical (unpaired) electrons. The second kappa shape index (κ2) is 12.3. The molecule has 1 aromatic heterocycles. The largest absolute Gasteiger partial charge is 0.497 e. The number of rotatable bonds is 9. The van der Waals surface area contributed by atoms with Gasteiger partial charge in [0.15, 0.2) is 0 Å².